The lowest BCUT2D eigenvalue weighted by molar-refractivity contribution is -0.122. The quantitative estimate of drug-likeness (QED) is 0.373. The van der Waals surface area contributed by atoms with E-state index in [0.29, 0.717) is 52.5 Å². The Labute approximate surface area is 212 Å². The van der Waals surface area contributed by atoms with Crippen LogP contribution in [0.2, 0.25) is 0 Å². The van der Waals surface area contributed by atoms with Gasteiger partial charge in [0, 0.05) is 45.2 Å². The van der Waals surface area contributed by atoms with Crippen LogP contribution in [0.1, 0.15) is 5.56 Å². The van der Waals surface area contributed by atoms with Gasteiger partial charge in [0.25, 0.3) is 11.5 Å². The Hall–Kier alpha value is -3.21. The van der Waals surface area contributed by atoms with Gasteiger partial charge in [-0.25, -0.2) is 4.98 Å². The summed E-state index contributed by atoms with van der Waals surface area (Å²) in [5, 5.41) is 0. The van der Waals surface area contributed by atoms with Gasteiger partial charge < -0.3 is 14.5 Å². The van der Waals surface area contributed by atoms with Crippen molar-refractivity contribution < 1.29 is 9.53 Å². The van der Waals surface area contributed by atoms with Gasteiger partial charge in [-0.1, -0.05) is 48.2 Å². The van der Waals surface area contributed by atoms with Crippen molar-refractivity contribution in [2.45, 2.75) is 0 Å². The molecule has 0 N–H and O–H groups in total. The largest absolute Gasteiger partial charge is 0.383 e. The van der Waals surface area contributed by atoms with Gasteiger partial charge in [-0.15, -0.1) is 0 Å². The summed E-state index contributed by atoms with van der Waals surface area (Å²) in [5.74, 6) is 0.380. The molecule has 2 saturated heterocycles. The number of hydrogen-bond acceptors (Lipinski definition) is 8. The third-order valence-corrected chi connectivity index (χ3v) is 7.50. The van der Waals surface area contributed by atoms with Gasteiger partial charge in [0.05, 0.1) is 23.6 Å². The van der Waals surface area contributed by atoms with Crippen molar-refractivity contribution >= 4 is 57.4 Å². The molecule has 2 aliphatic rings. The van der Waals surface area contributed by atoms with E-state index >= 15 is 0 Å². The van der Waals surface area contributed by atoms with E-state index in [1.165, 1.54) is 26.7 Å². The van der Waals surface area contributed by atoms with Crippen LogP contribution in [0, 0.1) is 0 Å². The topological polar surface area (TPSA) is 70.4 Å². The number of nitrogens with zero attached hydrogens (tertiary/aromatic N) is 5. The van der Waals surface area contributed by atoms with E-state index in [1.54, 1.807) is 25.4 Å². The zero-order chi connectivity index (χ0) is 24.4. The number of amides is 1. The third-order valence-electron chi connectivity index (χ3n) is 6.12. The molecule has 0 spiro atoms. The molecule has 2 fully saturated rings. The zero-order valence-corrected chi connectivity index (χ0v) is 20.9. The number of anilines is 2. The molecule has 5 rings (SSSR count). The number of ether oxygens (including phenoxy) is 1. The Balaban J connectivity index is 1.50. The highest BCUT2D eigenvalue weighted by atomic mass is 32.2. The minimum atomic E-state index is -0.213. The van der Waals surface area contributed by atoms with Crippen molar-refractivity contribution in [3.63, 3.8) is 0 Å². The van der Waals surface area contributed by atoms with E-state index in [9.17, 15) is 9.59 Å². The lowest BCUT2D eigenvalue weighted by Gasteiger charge is -2.37. The normalized spacial score (nSPS) is 17.7. The smallest absolute Gasteiger partial charge is 0.267 e. The van der Waals surface area contributed by atoms with E-state index in [-0.39, 0.29) is 11.5 Å². The lowest BCUT2D eigenvalue weighted by atomic mass is 10.2. The lowest BCUT2D eigenvalue weighted by Crippen LogP contribution is -2.47. The number of para-hydroxylation sites is 1. The van der Waals surface area contributed by atoms with Crippen molar-refractivity contribution in [2.24, 2.45) is 0 Å². The number of carbonyl (C=O) groups is 1. The number of rotatable bonds is 6. The molecule has 180 valence electrons. The second-order valence-electron chi connectivity index (χ2n) is 8.22. The fourth-order valence-corrected chi connectivity index (χ4v) is 5.57. The van der Waals surface area contributed by atoms with E-state index in [2.05, 4.69) is 21.9 Å². The summed E-state index contributed by atoms with van der Waals surface area (Å²) < 4.78 is 7.08. The third kappa shape index (κ3) is 4.69. The molecule has 0 radical (unpaired) electrons. The van der Waals surface area contributed by atoms with Crippen molar-refractivity contribution in [1.82, 2.24) is 14.3 Å². The fraction of sp³-hybridized carbons (Fsp3) is 0.280. The number of thioether (sulfide) groups is 1. The van der Waals surface area contributed by atoms with Gasteiger partial charge in [0.2, 0.25) is 0 Å². The fourth-order valence-electron chi connectivity index (χ4n) is 4.28. The van der Waals surface area contributed by atoms with E-state index < -0.39 is 0 Å². The van der Waals surface area contributed by atoms with Gasteiger partial charge in [-0.2, -0.15) is 0 Å². The van der Waals surface area contributed by atoms with Crippen LogP contribution in [0.3, 0.4) is 0 Å². The Morgan fingerprint density at radius 2 is 1.74 bits per heavy atom. The average molecular weight is 508 g/mol. The first-order valence-corrected chi connectivity index (χ1v) is 12.6. The maximum Gasteiger partial charge on any atom is 0.267 e. The molecule has 1 amide bonds. The van der Waals surface area contributed by atoms with Crippen LogP contribution in [-0.2, 0) is 9.53 Å². The maximum atomic E-state index is 13.6. The molecule has 10 heteroatoms. The number of thiocarbonyl (C=S) groups is 1. The summed E-state index contributed by atoms with van der Waals surface area (Å²) in [6.45, 7) is 3.79. The van der Waals surface area contributed by atoms with Gasteiger partial charge >= 0.3 is 0 Å². The van der Waals surface area contributed by atoms with Crippen LogP contribution < -0.4 is 15.4 Å². The first-order chi connectivity index (χ1) is 17.1. The minimum Gasteiger partial charge on any atom is -0.383 e. The summed E-state index contributed by atoms with van der Waals surface area (Å²) in [5.41, 5.74) is 1.94. The highest BCUT2D eigenvalue weighted by Gasteiger charge is 2.33. The van der Waals surface area contributed by atoms with Crippen molar-refractivity contribution in [3.05, 3.63) is 75.6 Å². The van der Waals surface area contributed by atoms with Gasteiger partial charge in [0.1, 0.15) is 15.8 Å². The van der Waals surface area contributed by atoms with Crippen LogP contribution >= 0.6 is 24.0 Å². The summed E-state index contributed by atoms with van der Waals surface area (Å²) in [7, 11) is 1.58. The number of pyridine rings is 1. The zero-order valence-electron chi connectivity index (χ0n) is 19.3. The molecule has 35 heavy (non-hydrogen) atoms. The molecule has 0 saturated carbocycles. The van der Waals surface area contributed by atoms with Crippen LogP contribution in [-0.4, -0.2) is 71.0 Å². The second kappa shape index (κ2) is 10.2. The molecule has 0 atom stereocenters. The molecule has 0 aliphatic carbocycles. The van der Waals surface area contributed by atoms with Gasteiger partial charge in [0.15, 0.2) is 0 Å². The monoisotopic (exact) mass is 507 g/mol. The summed E-state index contributed by atoms with van der Waals surface area (Å²) in [6.07, 6.45) is 3.35. The van der Waals surface area contributed by atoms with Gasteiger partial charge in [-0.05, 0) is 30.3 Å². The molecule has 2 aliphatic heterocycles. The van der Waals surface area contributed by atoms with Crippen molar-refractivity contribution in [1.29, 1.82) is 0 Å². The van der Waals surface area contributed by atoms with E-state index in [4.69, 9.17) is 21.9 Å². The first kappa shape index (κ1) is 23.5. The van der Waals surface area contributed by atoms with Crippen molar-refractivity contribution in [2.75, 3.05) is 56.2 Å². The summed E-state index contributed by atoms with van der Waals surface area (Å²) >= 11 is 6.61. The number of benzene rings is 1. The number of methoxy groups -OCH3 is 1. The van der Waals surface area contributed by atoms with E-state index in [1.807, 2.05) is 30.3 Å². The standard InChI is InChI=1S/C25H25N5O3S2/c1-33-16-15-30-24(32)20(35-25(30)34)17-19-22(26-21-9-5-6-10-29(21)23(19)31)28-13-11-27(12-14-28)18-7-3-2-4-8-18/h2-10,17H,11-16H2,1H3/b20-17-. The Morgan fingerprint density at radius 1 is 1.03 bits per heavy atom. The van der Waals surface area contributed by atoms with Crippen LogP contribution in [0.4, 0.5) is 11.5 Å². The Morgan fingerprint density at radius 3 is 2.49 bits per heavy atom. The first-order valence-electron chi connectivity index (χ1n) is 11.4. The minimum absolute atomic E-state index is 0.210. The SMILES string of the molecule is COCCN1C(=O)/C(=C/c2c(N3CCN(c4ccccc4)CC3)nc3ccccn3c2=O)SC1=S. The molecular weight excluding hydrogens is 482 g/mol. The molecule has 4 heterocycles. The summed E-state index contributed by atoms with van der Waals surface area (Å²) in [4.78, 5) is 37.8. The molecule has 0 unspecified atom stereocenters. The van der Waals surface area contributed by atoms with Crippen LogP contribution in [0.15, 0.2) is 64.4 Å². The molecule has 2 aromatic heterocycles. The number of aromatic nitrogens is 2. The molecule has 0 bridgehead atoms. The molecular formula is C25H25N5O3S2. The van der Waals surface area contributed by atoms with Crippen LogP contribution in [0.25, 0.3) is 11.7 Å². The molecule has 8 nitrogen and oxygen atoms in total. The second-order valence-corrected chi connectivity index (χ2v) is 9.89. The predicted molar refractivity (Wildman–Crippen MR) is 144 cm³/mol. The Kier molecular flexibility index (Phi) is 6.85. The highest BCUT2D eigenvalue weighted by Crippen LogP contribution is 2.33. The summed E-state index contributed by atoms with van der Waals surface area (Å²) in [6, 6.07) is 15.8. The number of hydrogen-bond donors (Lipinski definition) is 0. The number of fused-ring (bicyclic) bond motifs is 1. The average Bonchev–Trinajstić information content (AvgIpc) is 3.16. The van der Waals surface area contributed by atoms with E-state index in [0.717, 1.165) is 13.1 Å². The number of piperazine rings is 1. The molecule has 1 aromatic carbocycles. The highest BCUT2D eigenvalue weighted by molar-refractivity contribution is 8.26. The maximum absolute atomic E-state index is 13.6. The predicted octanol–water partition coefficient (Wildman–Crippen LogP) is 2.87. The molecule has 3 aromatic rings. The Bertz CT molecular complexity index is 1350. The van der Waals surface area contributed by atoms with Crippen molar-refractivity contribution in [3.8, 4) is 0 Å². The number of carbonyl (C=O) groups excluding carboxylic acids is 1. The van der Waals surface area contributed by atoms with Crippen LogP contribution in [0.5, 0.6) is 0 Å². The van der Waals surface area contributed by atoms with Gasteiger partial charge in [-0.3, -0.25) is 18.9 Å².